The standard InChI is InChI=1S/C17H18ClN3O5S/c1-4-25-12-7-10(6-11(18)15(12)26-5-2)9-19-21-17-20-16(23)13(27-17)8-14(22)24-3/h6-9H,4-5H2,1-3H3,(H,20,21,23)/b13-8+,19-9?. The molecule has 8 nitrogen and oxygen atoms in total. The maximum absolute atomic E-state index is 11.7. The Hall–Kier alpha value is -2.52. The third-order valence-electron chi connectivity index (χ3n) is 3.08. The van der Waals surface area contributed by atoms with Crippen LogP contribution in [-0.4, -0.2) is 43.6 Å². The van der Waals surface area contributed by atoms with Gasteiger partial charge in [-0.3, -0.25) is 10.1 Å². The van der Waals surface area contributed by atoms with Gasteiger partial charge in [-0.1, -0.05) is 11.6 Å². The zero-order valence-electron chi connectivity index (χ0n) is 14.9. The maximum Gasteiger partial charge on any atom is 0.331 e. The highest BCUT2D eigenvalue weighted by Crippen LogP contribution is 2.36. The first-order valence-electron chi connectivity index (χ1n) is 7.97. The first kappa shape index (κ1) is 20.8. The summed E-state index contributed by atoms with van der Waals surface area (Å²) in [6.07, 6.45) is 2.55. The lowest BCUT2D eigenvalue weighted by Gasteiger charge is -2.13. The normalized spacial score (nSPS) is 16.8. The molecule has 1 aliphatic heterocycles. The van der Waals surface area contributed by atoms with Gasteiger partial charge >= 0.3 is 5.97 Å². The van der Waals surface area contributed by atoms with Crippen molar-refractivity contribution in [3.8, 4) is 11.5 Å². The summed E-state index contributed by atoms with van der Waals surface area (Å²) in [7, 11) is 1.23. The zero-order valence-corrected chi connectivity index (χ0v) is 16.5. The predicted molar refractivity (Wildman–Crippen MR) is 105 cm³/mol. The molecule has 0 aromatic heterocycles. The van der Waals surface area contributed by atoms with Crippen molar-refractivity contribution >= 4 is 46.6 Å². The van der Waals surface area contributed by atoms with Crippen LogP contribution in [-0.2, 0) is 14.3 Å². The minimum absolute atomic E-state index is 0.179. The molecule has 0 aliphatic carbocycles. The van der Waals surface area contributed by atoms with Crippen LogP contribution < -0.4 is 14.8 Å². The summed E-state index contributed by atoms with van der Waals surface area (Å²) < 4.78 is 15.5. The first-order chi connectivity index (χ1) is 13.0. The van der Waals surface area contributed by atoms with Gasteiger partial charge < -0.3 is 14.2 Å². The zero-order chi connectivity index (χ0) is 19.8. The van der Waals surface area contributed by atoms with Crippen LogP contribution in [0.2, 0.25) is 5.02 Å². The molecule has 1 fully saturated rings. The smallest absolute Gasteiger partial charge is 0.331 e. The third-order valence-corrected chi connectivity index (χ3v) is 4.26. The second kappa shape index (κ2) is 9.98. The Balaban J connectivity index is 2.16. The quantitative estimate of drug-likeness (QED) is 0.320. The van der Waals surface area contributed by atoms with E-state index in [1.54, 1.807) is 12.1 Å². The van der Waals surface area contributed by atoms with Crippen molar-refractivity contribution in [2.24, 2.45) is 10.2 Å². The summed E-state index contributed by atoms with van der Waals surface area (Å²) in [6.45, 7) is 4.63. The molecule has 1 N–H and O–H groups in total. The van der Waals surface area contributed by atoms with Gasteiger partial charge in [0.15, 0.2) is 16.7 Å². The molecule has 2 rings (SSSR count). The second-order valence-corrected chi connectivity index (χ2v) is 6.37. The summed E-state index contributed by atoms with van der Waals surface area (Å²) in [4.78, 5) is 23.1. The summed E-state index contributed by atoms with van der Waals surface area (Å²) >= 11 is 7.23. The third kappa shape index (κ3) is 5.73. The number of carbonyl (C=O) groups excluding carboxylic acids is 2. The lowest BCUT2D eigenvalue weighted by atomic mass is 10.2. The van der Waals surface area contributed by atoms with Crippen LogP contribution in [0.4, 0.5) is 0 Å². The average Bonchev–Trinajstić information content (AvgIpc) is 2.97. The lowest BCUT2D eigenvalue weighted by Crippen LogP contribution is -2.19. The Morgan fingerprint density at radius 2 is 2.04 bits per heavy atom. The number of amidine groups is 1. The number of esters is 1. The maximum atomic E-state index is 11.7. The highest BCUT2D eigenvalue weighted by atomic mass is 35.5. The molecule has 1 heterocycles. The van der Waals surface area contributed by atoms with E-state index in [1.165, 1.54) is 13.3 Å². The van der Waals surface area contributed by atoms with Gasteiger partial charge in [-0.25, -0.2) is 4.79 Å². The van der Waals surface area contributed by atoms with Gasteiger partial charge in [0.2, 0.25) is 0 Å². The van der Waals surface area contributed by atoms with E-state index in [-0.39, 0.29) is 10.1 Å². The molecule has 1 amide bonds. The Morgan fingerprint density at radius 1 is 1.30 bits per heavy atom. The summed E-state index contributed by atoms with van der Waals surface area (Å²) in [5.41, 5.74) is 0.649. The van der Waals surface area contributed by atoms with Gasteiger partial charge in [0, 0.05) is 11.6 Å². The first-order valence-corrected chi connectivity index (χ1v) is 9.16. The fourth-order valence-electron chi connectivity index (χ4n) is 2.00. The van der Waals surface area contributed by atoms with Crippen molar-refractivity contribution in [2.75, 3.05) is 20.3 Å². The van der Waals surface area contributed by atoms with E-state index < -0.39 is 11.9 Å². The average molecular weight is 412 g/mol. The molecule has 1 saturated heterocycles. The van der Waals surface area contributed by atoms with Crippen molar-refractivity contribution in [2.45, 2.75) is 13.8 Å². The Bertz CT molecular complexity index is 823. The lowest BCUT2D eigenvalue weighted by molar-refractivity contribution is -0.135. The number of rotatable bonds is 7. The van der Waals surface area contributed by atoms with Crippen molar-refractivity contribution < 1.29 is 23.8 Å². The van der Waals surface area contributed by atoms with Crippen LogP contribution in [0.15, 0.2) is 33.3 Å². The molecule has 0 saturated carbocycles. The number of nitrogens with zero attached hydrogens (tertiary/aromatic N) is 2. The highest BCUT2D eigenvalue weighted by molar-refractivity contribution is 8.18. The molecule has 1 aromatic carbocycles. The van der Waals surface area contributed by atoms with E-state index in [9.17, 15) is 9.59 Å². The largest absolute Gasteiger partial charge is 0.490 e. The number of benzene rings is 1. The SMILES string of the molecule is CCOc1cc(C=N/N=C2/NC(=O)/C(=C\C(=O)OC)S2)cc(Cl)c1OCC. The summed E-state index contributed by atoms with van der Waals surface area (Å²) in [5.74, 6) is -0.0829. The van der Waals surface area contributed by atoms with Crippen LogP contribution in [0.1, 0.15) is 19.4 Å². The fourth-order valence-corrected chi connectivity index (χ4v) is 3.01. The van der Waals surface area contributed by atoms with E-state index in [2.05, 4.69) is 20.3 Å². The Morgan fingerprint density at radius 3 is 2.70 bits per heavy atom. The Labute approximate surface area is 165 Å². The number of methoxy groups -OCH3 is 1. The minimum Gasteiger partial charge on any atom is -0.490 e. The van der Waals surface area contributed by atoms with Gasteiger partial charge in [-0.2, -0.15) is 5.10 Å². The van der Waals surface area contributed by atoms with Gasteiger partial charge in [0.25, 0.3) is 5.91 Å². The van der Waals surface area contributed by atoms with E-state index in [0.717, 1.165) is 17.8 Å². The predicted octanol–water partition coefficient (Wildman–Crippen LogP) is 2.75. The van der Waals surface area contributed by atoms with Crippen LogP contribution >= 0.6 is 23.4 Å². The number of thioether (sulfide) groups is 1. The minimum atomic E-state index is -0.620. The molecule has 0 radical (unpaired) electrons. The van der Waals surface area contributed by atoms with Gasteiger partial charge in [-0.15, -0.1) is 5.10 Å². The number of hydrogen-bond acceptors (Lipinski definition) is 8. The van der Waals surface area contributed by atoms with E-state index in [0.29, 0.717) is 35.3 Å². The number of ether oxygens (including phenoxy) is 3. The van der Waals surface area contributed by atoms with Crippen LogP contribution in [0.25, 0.3) is 0 Å². The number of amides is 1. The monoisotopic (exact) mass is 411 g/mol. The molecule has 1 aliphatic rings. The number of halogens is 1. The number of nitrogens with one attached hydrogen (secondary N) is 1. The van der Waals surface area contributed by atoms with E-state index in [1.807, 2.05) is 13.8 Å². The molecule has 0 spiro atoms. The van der Waals surface area contributed by atoms with E-state index >= 15 is 0 Å². The van der Waals surface area contributed by atoms with Crippen molar-refractivity contribution in [1.29, 1.82) is 0 Å². The molecular formula is C17H18ClN3O5S. The highest BCUT2D eigenvalue weighted by Gasteiger charge is 2.25. The molecule has 144 valence electrons. The van der Waals surface area contributed by atoms with Crippen LogP contribution in [0, 0.1) is 0 Å². The van der Waals surface area contributed by atoms with Crippen molar-refractivity contribution in [3.05, 3.63) is 33.7 Å². The molecule has 1 aromatic rings. The Kier molecular flexibility index (Phi) is 7.68. The second-order valence-electron chi connectivity index (χ2n) is 4.93. The van der Waals surface area contributed by atoms with Crippen LogP contribution in [0.3, 0.4) is 0 Å². The van der Waals surface area contributed by atoms with Gasteiger partial charge in [-0.05, 0) is 37.7 Å². The molecule has 0 bridgehead atoms. The van der Waals surface area contributed by atoms with Crippen molar-refractivity contribution in [1.82, 2.24) is 5.32 Å². The topological polar surface area (TPSA) is 98.6 Å². The summed E-state index contributed by atoms with van der Waals surface area (Å²) in [5, 5.41) is 11.0. The van der Waals surface area contributed by atoms with Crippen LogP contribution in [0.5, 0.6) is 11.5 Å². The molecule has 10 heteroatoms. The molecule has 27 heavy (non-hydrogen) atoms. The van der Waals surface area contributed by atoms with Gasteiger partial charge in [0.05, 0.1) is 36.5 Å². The number of hydrogen-bond donors (Lipinski definition) is 1. The molecule has 0 unspecified atom stereocenters. The number of carbonyl (C=O) groups is 2. The molecular weight excluding hydrogens is 394 g/mol. The fraction of sp³-hybridized carbons (Fsp3) is 0.294. The van der Waals surface area contributed by atoms with Gasteiger partial charge in [0.1, 0.15) is 0 Å². The van der Waals surface area contributed by atoms with Crippen molar-refractivity contribution in [3.63, 3.8) is 0 Å². The molecule has 0 atom stereocenters. The summed E-state index contributed by atoms with van der Waals surface area (Å²) in [6, 6.07) is 3.40. The van der Waals surface area contributed by atoms with E-state index in [4.69, 9.17) is 21.1 Å².